The first-order valence-corrected chi connectivity index (χ1v) is 5.51. The van der Waals surface area contributed by atoms with Crippen LogP contribution in [-0.2, 0) is 11.3 Å². The SMILES string of the molecule is CCC(C)(C)OCc1ccc(F)c(C(=O)O)c1. The Morgan fingerprint density at radius 3 is 2.65 bits per heavy atom. The van der Waals surface area contributed by atoms with Gasteiger partial charge < -0.3 is 9.84 Å². The zero-order valence-corrected chi connectivity index (χ0v) is 10.3. The summed E-state index contributed by atoms with van der Waals surface area (Å²) < 4.78 is 18.8. The molecule has 0 radical (unpaired) electrons. The van der Waals surface area contributed by atoms with Gasteiger partial charge in [-0.3, -0.25) is 0 Å². The zero-order chi connectivity index (χ0) is 13.1. The lowest BCUT2D eigenvalue weighted by molar-refractivity contribution is -0.0316. The van der Waals surface area contributed by atoms with Crippen molar-refractivity contribution in [2.24, 2.45) is 0 Å². The van der Waals surface area contributed by atoms with E-state index in [1.807, 2.05) is 20.8 Å². The second-order valence-corrected chi connectivity index (χ2v) is 4.52. The van der Waals surface area contributed by atoms with Gasteiger partial charge in [-0.2, -0.15) is 0 Å². The van der Waals surface area contributed by atoms with Crippen LogP contribution in [-0.4, -0.2) is 16.7 Å². The van der Waals surface area contributed by atoms with Crippen LogP contribution >= 0.6 is 0 Å². The first kappa shape index (κ1) is 13.6. The molecule has 0 atom stereocenters. The first-order chi connectivity index (χ1) is 7.85. The standard InChI is InChI=1S/C13H17FO3/c1-4-13(2,3)17-8-9-5-6-11(14)10(7-9)12(15)16/h5-7H,4,8H2,1-3H3,(H,15,16). The molecule has 1 rings (SSSR count). The monoisotopic (exact) mass is 240 g/mol. The number of hydrogen-bond acceptors (Lipinski definition) is 2. The molecule has 1 aromatic carbocycles. The molecule has 0 amide bonds. The molecule has 0 saturated carbocycles. The van der Waals surface area contributed by atoms with E-state index in [1.54, 1.807) is 0 Å². The van der Waals surface area contributed by atoms with Crippen molar-refractivity contribution in [3.63, 3.8) is 0 Å². The highest BCUT2D eigenvalue weighted by molar-refractivity contribution is 5.88. The van der Waals surface area contributed by atoms with Crippen LogP contribution in [0.4, 0.5) is 4.39 Å². The maximum Gasteiger partial charge on any atom is 0.338 e. The lowest BCUT2D eigenvalue weighted by Crippen LogP contribution is -2.22. The molecule has 0 fully saturated rings. The van der Waals surface area contributed by atoms with Crippen LogP contribution in [0.5, 0.6) is 0 Å². The molecule has 0 saturated heterocycles. The number of halogens is 1. The highest BCUT2D eigenvalue weighted by Crippen LogP contribution is 2.18. The summed E-state index contributed by atoms with van der Waals surface area (Å²) in [7, 11) is 0. The lowest BCUT2D eigenvalue weighted by Gasteiger charge is -2.23. The normalized spacial score (nSPS) is 11.5. The molecule has 0 unspecified atom stereocenters. The van der Waals surface area contributed by atoms with Gasteiger partial charge in [0.15, 0.2) is 0 Å². The molecule has 0 aliphatic rings. The van der Waals surface area contributed by atoms with Gasteiger partial charge in [0.05, 0.1) is 17.8 Å². The van der Waals surface area contributed by atoms with Gasteiger partial charge in [0, 0.05) is 0 Å². The highest BCUT2D eigenvalue weighted by Gasteiger charge is 2.16. The number of aromatic carboxylic acids is 1. The summed E-state index contributed by atoms with van der Waals surface area (Å²) in [5.74, 6) is -1.99. The predicted molar refractivity (Wildman–Crippen MR) is 62.5 cm³/mol. The quantitative estimate of drug-likeness (QED) is 0.859. The number of carboxylic acid groups (broad SMARTS) is 1. The van der Waals surface area contributed by atoms with Crippen LogP contribution in [0.1, 0.15) is 43.1 Å². The second kappa shape index (κ2) is 5.27. The average Bonchev–Trinajstić information content (AvgIpc) is 2.27. The van der Waals surface area contributed by atoms with Crippen molar-refractivity contribution in [3.05, 3.63) is 35.1 Å². The van der Waals surface area contributed by atoms with E-state index in [-0.39, 0.29) is 17.8 Å². The third kappa shape index (κ3) is 3.82. The van der Waals surface area contributed by atoms with Gasteiger partial charge >= 0.3 is 5.97 Å². The molecule has 0 aromatic heterocycles. The van der Waals surface area contributed by atoms with Crippen LogP contribution in [0, 0.1) is 5.82 Å². The molecule has 17 heavy (non-hydrogen) atoms. The fourth-order valence-electron chi connectivity index (χ4n) is 1.21. The lowest BCUT2D eigenvalue weighted by atomic mass is 10.1. The molecule has 0 heterocycles. The summed E-state index contributed by atoms with van der Waals surface area (Å²) in [6, 6.07) is 4.00. The number of carbonyl (C=O) groups is 1. The van der Waals surface area contributed by atoms with Crippen LogP contribution in [0.15, 0.2) is 18.2 Å². The highest BCUT2D eigenvalue weighted by atomic mass is 19.1. The van der Waals surface area contributed by atoms with E-state index < -0.39 is 11.8 Å². The summed E-state index contributed by atoms with van der Waals surface area (Å²) in [6.45, 7) is 6.19. The van der Waals surface area contributed by atoms with Crippen molar-refractivity contribution >= 4 is 5.97 Å². The van der Waals surface area contributed by atoms with Gasteiger partial charge in [0.1, 0.15) is 5.82 Å². The van der Waals surface area contributed by atoms with Crippen LogP contribution in [0.25, 0.3) is 0 Å². The number of benzene rings is 1. The third-order valence-corrected chi connectivity index (χ3v) is 2.74. The Balaban J connectivity index is 2.80. The minimum absolute atomic E-state index is 0.266. The molecule has 0 bridgehead atoms. The number of rotatable bonds is 5. The Morgan fingerprint density at radius 1 is 1.47 bits per heavy atom. The van der Waals surface area contributed by atoms with Crippen molar-refractivity contribution in [2.45, 2.75) is 39.4 Å². The van der Waals surface area contributed by atoms with Gasteiger partial charge in [-0.15, -0.1) is 0 Å². The van der Waals surface area contributed by atoms with Gasteiger partial charge in [-0.25, -0.2) is 9.18 Å². The molecule has 0 spiro atoms. The Bertz CT molecular complexity index is 413. The number of carboxylic acids is 1. The predicted octanol–water partition coefficient (Wildman–Crippen LogP) is 3.23. The summed E-state index contributed by atoms with van der Waals surface area (Å²) in [6.07, 6.45) is 0.847. The van der Waals surface area contributed by atoms with Crippen molar-refractivity contribution in [1.82, 2.24) is 0 Å². The van der Waals surface area contributed by atoms with Crippen molar-refractivity contribution in [1.29, 1.82) is 0 Å². The van der Waals surface area contributed by atoms with E-state index in [4.69, 9.17) is 9.84 Å². The summed E-state index contributed by atoms with van der Waals surface area (Å²) in [5, 5.41) is 8.78. The van der Waals surface area contributed by atoms with Crippen molar-refractivity contribution < 1.29 is 19.0 Å². The summed E-state index contributed by atoms with van der Waals surface area (Å²) in [5.41, 5.74) is 0.0725. The van der Waals surface area contributed by atoms with E-state index in [9.17, 15) is 9.18 Å². The van der Waals surface area contributed by atoms with Gasteiger partial charge in [-0.05, 0) is 38.0 Å². The minimum atomic E-state index is -1.26. The Labute approximate surface area is 100 Å². The molecule has 4 heteroatoms. The van der Waals surface area contributed by atoms with Crippen molar-refractivity contribution in [2.75, 3.05) is 0 Å². The maximum atomic E-state index is 13.1. The van der Waals surface area contributed by atoms with Crippen LogP contribution in [0.3, 0.4) is 0 Å². The Kier molecular flexibility index (Phi) is 4.23. The fourth-order valence-corrected chi connectivity index (χ4v) is 1.21. The third-order valence-electron chi connectivity index (χ3n) is 2.74. The zero-order valence-electron chi connectivity index (χ0n) is 10.3. The molecule has 0 aliphatic carbocycles. The van der Waals surface area contributed by atoms with Crippen LogP contribution in [0.2, 0.25) is 0 Å². The molecule has 1 aromatic rings. The van der Waals surface area contributed by atoms with E-state index in [0.717, 1.165) is 12.5 Å². The summed E-state index contributed by atoms with van der Waals surface area (Å²) >= 11 is 0. The molecule has 94 valence electrons. The number of hydrogen-bond donors (Lipinski definition) is 1. The minimum Gasteiger partial charge on any atom is -0.478 e. The van der Waals surface area contributed by atoms with Gasteiger partial charge in [-0.1, -0.05) is 13.0 Å². The van der Waals surface area contributed by atoms with Crippen molar-refractivity contribution in [3.8, 4) is 0 Å². The van der Waals surface area contributed by atoms with Gasteiger partial charge in [0.2, 0.25) is 0 Å². The first-order valence-electron chi connectivity index (χ1n) is 5.51. The van der Waals surface area contributed by atoms with Gasteiger partial charge in [0.25, 0.3) is 0 Å². The Hall–Kier alpha value is -1.42. The maximum absolute atomic E-state index is 13.1. The van der Waals surface area contributed by atoms with E-state index in [1.165, 1.54) is 12.1 Å². The van der Waals surface area contributed by atoms with E-state index in [0.29, 0.717) is 5.56 Å². The molecule has 1 N–H and O–H groups in total. The second-order valence-electron chi connectivity index (χ2n) is 4.52. The summed E-state index contributed by atoms with van der Waals surface area (Å²) in [4.78, 5) is 10.8. The smallest absolute Gasteiger partial charge is 0.338 e. The number of ether oxygens (including phenoxy) is 1. The molecular weight excluding hydrogens is 223 g/mol. The Morgan fingerprint density at radius 2 is 2.12 bits per heavy atom. The molecule has 0 aliphatic heterocycles. The topological polar surface area (TPSA) is 46.5 Å². The molecule has 3 nitrogen and oxygen atoms in total. The van der Waals surface area contributed by atoms with E-state index in [2.05, 4.69) is 0 Å². The molecular formula is C13H17FO3. The largest absolute Gasteiger partial charge is 0.478 e. The fraction of sp³-hybridized carbons (Fsp3) is 0.462. The average molecular weight is 240 g/mol. The van der Waals surface area contributed by atoms with Crippen LogP contribution < -0.4 is 0 Å². The van der Waals surface area contributed by atoms with E-state index >= 15 is 0 Å².